The maximum atomic E-state index is 14.2. The van der Waals surface area contributed by atoms with Gasteiger partial charge in [0.2, 0.25) is 59.1 Å². The van der Waals surface area contributed by atoms with Gasteiger partial charge in [-0.15, -0.1) is 0 Å². The number of aromatic hydroxyl groups is 1. The number of nitrogens with two attached hydrogens (primary N) is 5. The SMILES string of the molecule is CC(C)C[C@H](NC(=O)[C@H](C)NC(=O)[C@H](CCC(N)=O)NC(=O)[C@@H](NC(=O)[C@H](CCC(N)=O)NC(=O)[C@@H](NC(=O)[C@H](CC(C)C)NC(=O)[C@H](Cc1ccc(O)cc1)NC(=O)[C@@H](N)CCCN=C(N)N)C(C)C)C(C)C)C(=O)O. The van der Waals surface area contributed by atoms with E-state index in [1.807, 2.05) is 0 Å². The molecular weight excluding hydrogens is 1000 g/mol. The number of carbonyl (C=O) groups is 11. The lowest BCUT2D eigenvalue weighted by atomic mass is 9.98. The van der Waals surface area contributed by atoms with Gasteiger partial charge in [0.1, 0.15) is 54.1 Å². The maximum Gasteiger partial charge on any atom is 0.326 e. The Morgan fingerprint density at radius 3 is 1.32 bits per heavy atom. The molecule has 0 bridgehead atoms. The standard InChI is InChI=1S/C50H84N14O13/c1-24(2)21-34(61-45(72)35(23-29-12-14-30(65)15-13-29)60-42(69)31(51)11-10-20-56-50(54)55)46(73)64-40(27(7)8)48(75)59-33(17-19-38(53)67)44(71)63-39(26(5)6)47(74)58-32(16-18-37(52)66)43(70)57-28(9)41(68)62-36(49(76)77)22-25(3)4/h12-15,24-28,31-36,39-40,65H,10-11,16-23,51H2,1-9H3,(H2,52,66)(H2,53,67)(H,57,70)(H,58,74)(H,59,75)(H,60,69)(H,61,72)(H,62,68)(H,63,71)(H,64,73)(H,76,77)(H4,54,55,56)/t28-,31-,32-,33-,34-,35-,36-,39-,40-/m0/s1. The Hall–Kier alpha value is -7.58. The number of amides is 10. The molecule has 77 heavy (non-hydrogen) atoms. The lowest BCUT2D eigenvalue weighted by Crippen LogP contribution is -2.61. The fraction of sp³-hybridized carbons (Fsp3) is 0.640. The van der Waals surface area contributed by atoms with E-state index in [1.54, 1.807) is 67.5 Å². The highest BCUT2D eigenvalue weighted by atomic mass is 16.4. The largest absolute Gasteiger partial charge is 0.508 e. The molecule has 27 nitrogen and oxygen atoms in total. The molecule has 0 unspecified atom stereocenters. The fourth-order valence-electron chi connectivity index (χ4n) is 7.56. The third kappa shape index (κ3) is 26.2. The third-order valence-corrected chi connectivity index (χ3v) is 11.8. The maximum absolute atomic E-state index is 14.2. The summed E-state index contributed by atoms with van der Waals surface area (Å²) in [4.78, 5) is 150. The Balaban J connectivity index is 3.43. The number of carbonyl (C=O) groups excluding carboxylic acids is 10. The van der Waals surface area contributed by atoms with Crippen molar-refractivity contribution in [2.45, 2.75) is 174 Å². The van der Waals surface area contributed by atoms with Gasteiger partial charge < -0.3 is 81.4 Å². The lowest BCUT2D eigenvalue weighted by molar-refractivity contribution is -0.142. The van der Waals surface area contributed by atoms with Crippen LogP contribution in [0.5, 0.6) is 5.75 Å². The summed E-state index contributed by atoms with van der Waals surface area (Å²) in [6, 6.07) is -6.15. The van der Waals surface area contributed by atoms with Crippen LogP contribution in [0.4, 0.5) is 0 Å². The van der Waals surface area contributed by atoms with E-state index in [1.165, 1.54) is 19.1 Å². The molecule has 0 saturated carbocycles. The second kappa shape index (κ2) is 33.5. The van der Waals surface area contributed by atoms with Crippen molar-refractivity contribution in [3.63, 3.8) is 0 Å². The molecule has 0 saturated heterocycles. The molecule has 1 aromatic rings. The van der Waals surface area contributed by atoms with Gasteiger partial charge in [-0.3, -0.25) is 52.9 Å². The summed E-state index contributed by atoms with van der Waals surface area (Å²) in [6.45, 7) is 14.9. The van der Waals surface area contributed by atoms with Crippen LogP contribution in [0.3, 0.4) is 0 Å². The number of hydrogen-bond donors (Lipinski definition) is 15. The molecule has 27 heteroatoms. The van der Waals surface area contributed by atoms with Gasteiger partial charge >= 0.3 is 5.97 Å². The van der Waals surface area contributed by atoms with Crippen molar-refractivity contribution in [3.8, 4) is 5.75 Å². The quantitative estimate of drug-likeness (QED) is 0.0186. The van der Waals surface area contributed by atoms with Crippen LogP contribution in [0.25, 0.3) is 0 Å². The molecule has 1 aromatic carbocycles. The molecule has 1 rings (SSSR count). The van der Waals surface area contributed by atoms with E-state index in [0.717, 1.165) is 0 Å². The molecule has 20 N–H and O–H groups in total. The molecule has 9 atom stereocenters. The van der Waals surface area contributed by atoms with E-state index in [-0.39, 0.29) is 68.6 Å². The Labute approximate surface area is 449 Å². The van der Waals surface area contributed by atoms with E-state index >= 15 is 0 Å². The molecule has 0 aliphatic carbocycles. The van der Waals surface area contributed by atoms with Crippen LogP contribution in [0, 0.1) is 23.7 Å². The van der Waals surface area contributed by atoms with Gasteiger partial charge in [0.25, 0.3) is 0 Å². The number of benzene rings is 1. The Kier molecular flexibility index (Phi) is 29.3. The van der Waals surface area contributed by atoms with Crippen LogP contribution in [-0.4, -0.2) is 142 Å². The first-order valence-corrected chi connectivity index (χ1v) is 25.6. The molecular formula is C50H84N14O13. The number of carboxylic acids is 1. The number of carboxylic acid groups (broad SMARTS) is 1. The zero-order valence-electron chi connectivity index (χ0n) is 45.6. The number of guanidine groups is 1. The van der Waals surface area contributed by atoms with Crippen molar-refractivity contribution in [1.29, 1.82) is 0 Å². The molecule has 0 aliphatic heterocycles. The first kappa shape index (κ1) is 67.4. The molecule has 432 valence electrons. The first-order valence-electron chi connectivity index (χ1n) is 25.6. The zero-order chi connectivity index (χ0) is 58.9. The number of phenols is 1. The summed E-state index contributed by atoms with van der Waals surface area (Å²) >= 11 is 0. The van der Waals surface area contributed by atoms with E-state index in [2.05, 4.69) is 47.5 Å². The predicted octanol–water partition coefficient (Wildman–Crippen LogP) is -2.77. The van der Waals surface area contributed by atoms with Crippen LogP contribution in [0.1, 0.15) is 119 Å². The summed E-state index contributed by atoms with van der Waals surface area (Å²) in [6.07, 6.45) is -0.953. The minimum absolute atomic E-state index is 0.0397. The lowest BCUT2D eigenvalue weighted by Gasteiger charge is -2.30. The monoisotopic (exact) mass is 1090 g/mol. The summed E-state index contributed by atoms with van der Waals surface area (Å²) < 4.78 is 0. The van der Waals surface area contributed by atoms with Crippen molar-refractivity contribution < 1.29 is 63.0 Å². The summed E-state index contributed by atoms with van der Waals surface area (Å²) in [5.41, 5.74) is 28.2. The molecule has 0 aliphatic rings. The zero-order valence-corrected chi connectivity index (χ0v) is 45.6. The number of nitrogens with zero attached hydrogens (tertiary/aromatic N) is 1. The minimum atomic E-state index is -1.55. The van der Waals surface area contributed by atoms with Crippen molar-refractivity contribution in [3.05, 3.63) is 29.8 Å². The highest BCUT2D eigenvalue weighted by Crippen LogP contribution is 2.15. The topological polar surface area (TPSA) is 467 Å². The molecule has 0 aromatic heterocycles. The number of rotatable bonds is 35. The molecule has 0 heterocycles. The molecule has 0 radical (unpaired) electrons. The highest BCUT2D eigenvalue weighted by molar-refractivity contribution is 5.98. The fourth-order valence-corrected chi connectivity index (χ4v) is 7.56. The number of aliphatic carboxylic acids is 1. The first-order chi connectivity index (χ1) is 35.8. The van der Waals surface area contributed by atoms with Crippen molar-refractivity contribution >= 4 is 71.0 Å². The van der Waals surface area contributed by atoms with Gasteiger partial charge in [-0.1, -0.05) is 67.5 Å². The molecule has 0 spiro atoms. The summed E-state index contributed by atoms with van der Waals surface area (Å²) in [5, 5.41) is 39.8. The average Bonchev–Trinajstić information content (AvgIpc) is 3.32. The van der Waals surface area contributed by atoms with Crippen LogP contribution in [-0.2, 0) is 59.2 Å². The number of primary amides is 2. The smallest absolute Gasteiger partial charge is 0.326 e. The highest BCUT2D eigenvalue weighted by Gasteiger charge is 2.36. The van der Waals surface area contributed by atoms with Crippen molar-refractivity contribution in [2.24, 2.45) is 57.3 Å². The van der Waals surface area contributed by atoms with Crippen LogP contribution >= 0.6 is 0 Å². The normalized spacial score (nSPS) is 14.7. The number of hydrogen-bond acceptors (Lipinski definition) is 14. The number of phenolic OH excluding ortho intramolecular Hbond substituents is 1. The van der Waals surface area contributed by atoms with Crippen molar-refractivity contribution in [2.75, 3.05) is 6.54 Å². The summed E-state index contributed by atoms with van der Waals surface area (Å²) in [7, 11) is 0. The average molecular weight is 1090 g/mol. The van der Waals surface area contributed by atoms with E-state index < -0.39 is 144 Å². The van der Waals surface area contributed by atoms with Gasteiger partial charge in [0.05, 0.1) is 6.04 Å². The Morgan fingerprint density at radius 2 is 0.896 bits per heavy atom. The minimum Gasteiger partial charge on any atom is -0.508 e. The van der Waals surface area contributed by atoms with Crippen LogP contribution in [0.2, 0.25) is 0 Å². The van der Waals surface area contributed by atoms with E-state index in [4.69, 9.17) is 28.7 Å². The summed E-state index contributed by atoms with van der Waals surface area (Å²) in [5.74, 6) is -11.6. The second-order valence-electron chi connectivity index (χ2n) is 20.5. The van der Waals surface area contributed by atoms with Gasteiger partial charge in [-0.05, 0) is 86.8 Å². The number of aliphatic imine (C=N–C) groups is 1. The Morgan fingerprint density at radius 1 is 0.494 bits per heavy atom. The molecule has 10 amide bonds. The van der Waals surface area contributed by atoms with E-state index in [9.17, 15) is 63.0 Å². The van der Waals surface area contributed by atoms with Gasteiger partial charge in [0.15, 0.2) is 5.96 Å². The molecule has 0 fully saturated rings. The Bertz CT molecular complexity index is 2220. The number of nitrogens with one attached hydrogen (secondary N) is 8. The van der Waals surface area contributed by atoms with Crippen molar-refractivity contribution in [1.82, 2.24) is 42.5 Å². The van der Waals surface area contributed by atoms with Gasteiger partial charge in [0, 0.05) is 25.8 Å². The second-order valence-corrected chi connectivity index (χ2v) is 20.5. The third-order valence-electron chi connectivity index (χ3n) is 11.8. The van der Waals surface area contributed by atoms with Gasteiger partial charge in [-0.25, -0.2) is 4.79 Å². The van der Waals surface area contributed by atoms with Crippen LogP contribution in [0.15, 0.2) is 29.3 Å². The van der Waals surface area contributed by atoms with Gasteiger partial charge in [-0.2, -0.15) is 0 Å². The van der Waals surface area contributed by atoms with Crippen LogP contribution < -0.4 is 71.2 Å². The van der Waals surface area contributed by atoms with E-state index in [0.29, 0.717) is 12.0 Å². The predicted molar refractivity (Wildman–Crippen MR) is 284 cm³/mol.